The van der Waals surface area contributed by atoms with Crippen molar-refractivity contribution >= 4 is 23.4 Å². The molecule has 2 aromatic rings. The zero-order valence-electron chi connectivity index (χ0n) is 17.5. The van der Waals surface area contributed by atoms with E-state index >= 15 is 0 Å². The van der Waals surface area contributed by atoms with E-state index in [0.29, 0.717) is 23.7 Å². The van der Waals surface area contributed by atoms with Crippen LogP contribution in [0, 0.1) is 13.8 Å². The molecule has 1 N–H and O–H groups in total. The number of carbonyl (C=O) groups excluding carboxylic acids is 2. The van der Waals surface area contributed by atoms with Gasteiger partial charge < -0.3 is 15.0 Å². The molecule has 29 heavy (non-hydrogen) atoms. The predicted molar refractivity (Wildman–Crippen MR) is 116 cm³/mol. The number of hydrogen-bond donors (Lipinski definition) is 1. The molecule has 0 spiro atoms. The Morgan fingerprint density at radius 2 is 1.83 bits per heavy atom. The third kappa shape index (κ3) is 6.23. The topological polar surface area (TPSA) is 58.6 Å². The summed E-state index contributed by atoms with van der Waals surface area (Å²) in [7, 11) is 0. The maximum absolute atomic E-state index is 13.1. The molecule has 0 aliphatic carbocycles. The lowest BCUT2D eigenvalue weighted by molar-refractivity contribution is -0.142. The number of halogens is 1. The molecule has 0 aromatic heterocycles. The van der Waals surface area contributed by atoms with Crippen LogP contribution in [0.5, 0.6) is 5.75 Å². The second-order valence-electron chi connectivity index (χ2n) is 6.97. The van der Waals surface area contributed by atoms with Gasteiger partial charge in [-0.15, -0.1) is 0 Å². The van der Waals surface area contributed by atoms with E-state index in [-0.39, 0.29) is 25.0 Å². The van der Waals surface area contributed by atoms with Crippen LogP contribution in [-0.4, -0.2) is 35.9 Å². The van der Waals surface area contributed by atoms with Gasteiger partial charge in [0.15, 0.2) is 6.61 Å². The van der Waals surface area contributed by atoms with Gasteiger partial charge in [0.2, 0.25) is 5.91 Å². The molecule has 2 aromatic carbocycles. The molecule has 0 aliphatic rings. The molecule has 1 atom stereocenters. The summed E-state index contributed by atoms with van der Waals surface area (Å²) in [5.41, 5.74) is 3.04. The van der Waals surface area contributed by atoms with Crippen LogP contribution in [0.4, 0.5) is 0 Å². The van der Waals surface area contributed by atoms with Gasteiger partial charge in [0, 0.05) is 18.1 Å². The zero-order valence-corrected chi connectivity index (χ0v) is 18.3. The Balaban J connectivity index is 2.22. The monoisotopic (exact) mass is 416 g/mol. The number of benzene rings is 2. The number of rotatable bonds is 9. The van der Waals surface area contributed by atoms with Gasteiger partial charge in [-0.05, 0) is 62.1 Å². The highest BCUT2D eigenvalue weighted by molar-refractivity contribution is 6.31. The van der Waals surface area contributed by atoms with Crippen LogP contribution in [0.3, 0.4) is 0 Å². The summed E-state index contributed by atoms with van der Waals surface area (Å²) in [4.78, 5) is 27.2. The summed E-state index contributed by atoms with van der Waals surface area (Å²) < 4.78 is 5.73. The Bertz CT molecular complexity index is 854. The second-order valence-corrected chi connectivity index (χ2v) is 7.37. The fraction of sp³-hybridized carbons (Fsp3) is 0.391. The summed E-state index contributed by atoms with van der Waals surface area (Å²) >= 11 is 6.30. The lowest BCUT2D eigenvalue weighted by atomic mass is 10.1. The minimum Gasteiger partial charge on any atom is -0.484 e. The summed E-state index contributed by atoms with van der Waals surface area (Å²) in [5.74, 6) is 0.188. The molecule has 156 valence electrons. The molecule has 6 heteroatoms. The lowest BCUT2D eigenvalue weighted by Crippen LogP contribution is -2.50. The number of aryl methyl sites for hydroxylation is 2. The molecule has 2 amide bonds. The summed E-state index contributed by atoms with van der Waals surface area (Å²) in [6, 6.07) is 12.4. The van der Waals surface area contributed by atoms with Crippen LogP contribution in [0.15, 0.2) is 42.5 Å². The van der Waals surface area contributed by atoms with E-state index in [2.05, 4.69) is 5.32 Å². The number of likely N-dealkylation sites (N-methyl/N-ethyl adjacent to an activating group) is 1. The first-order chi connectivity index (χ1) is 13.9. The normalized spacial score (nSPS) is 11.6. The largest absolute Gasteiger partial charge is 0.484 e. The van der Waals surface area contributed by atoms with Gasteiger partial charge in [0.05, 0.1) is 0 Å². The first kappa shape index (κ1) is 22.8. The average Bonchev–Trinajstić information content (AvgIpc) is 2.70. The van der Waals surface area contributed by atoms with Crippen molar-refractivity contribution in [3.63, 3.8) is 0 Å². The first-order valence-electron chi connectivity index (χ1n) is 9.88. The fourth-order valence-corrected chi connectivity index (χ4v) is 3.25. The van der Waals surface area contributed by atoms with E-state index in [1.54, 1.807) is 11.0 Å². The molecule has 0 saturated carbocycles. The van der Waals surface area contributed by atoms with E-state index in [4.69, 9.17) is 16.3 Å². The summed E-state index contributed by atoms with van der Waals surface area (Å²) in [6.45, 7) is 8.35. The van der Waals surface area contributed by atoms with Gasteiger partial charge in [0.25, 0.3) is 5.91 Å². The van der Waals surface area contributed by atoms with E-state index in [1.165, 1.54) is 0 Å². The van der Waals surface area contributed by atoms with Gasteiger partial charge in [-0.2, -0.15) is 0 Å². The van der Waals surface area contributed by atoms with E-state index < -0.39 is 6.04 Å². The van der Waals surface area contributed by atoms with Crippen molar-refractivity contribution in [2.45, 2.75) is 46.7 Å². The molecule has 0 unspecified atom stereocenters. The quantitative estimate of drug-likeness (QED) is 0.663. The number of carbonyl (C=O) groups is 2. The minimum atomic E-state index is -0.595. The maximum Gasteiger partial charge on any atom is 0.261 e. The predicted octanol–water partition coefficient (Wildman–Crippen LogP) is 4.28. The van der Waals surface area contributed by atoms with Crippen molar-refractivity contribution in [1.82, 2.24) is 10.2 Å². The van der Waals surface area contributed by atoms with Crippen molar-refractivity contribution in [3.8, 4) is 5.75 Å². The SMILES string of the molecule is CCNC(=O)[C@@H](CC)N(Cc1ccccc1Cl)C(=O)COc1ccc(C)c(C)c1. The number of hydrogen-bond acceptors (Lipinski definition) is 3. The highest BCUT2D eigenvalue weighted by Crippen LogP contribution is 2.21. The number of ether oxygens (including phenoxy) is 1. The molecule has 0 aliphatic heterocycles. The molecule has 0 bridgehead atoms. The standard InChI is InChI=1S/C23H29ClN2O3/c1-5-21(23(28)25-6-2)26(14-18-9-7-8-10-20(18)24)22(27)15-29-19-12-11-16(3)17(4)13-19/h7-13,21H,5-6,14-15H2,1-4H3,(H,25,28)/t21-/m1/s1. The van der Waals surface area contributed by atoms with Crippen molar-refractivity contribution in [3.05, 3.63) is 64.2 Å². The number of amides is 2. The van der Waals surface area contributed by atoms with E-state index in [1.807, 2.05) is 64.1 Å². The molecular formula is C23H29ClN2O3. The molecular weight excluding hydrogens is 388 g/mol. The highest BCUT2D eigenvalue weighted by atomic mass is 35.5. The van der Waals surface area contributed by atoms with Crippen molar-refractivity contribution in [1.29, 1.82) is 0 Å². The third-order valence-corrected chi connectivity index (χ3v) is 5.24. The van der Waals surface area contributed by atoms with Crippen molar-refractivity contribution in [2.75, 3.05) is 13.2 Å². The Labute approximate surface area is 178 Å². The summed E-state index contributed by atoms with van der Waals surface area (Å²) in [5, 5.41) is 3.37. The number of nitrogens with zero attached hydrogens (tertiary/aromatic N) is 1. The second kappa shape index (κ2) is 10.9. The van der Waals surface area contributed by atoms with Crippen LogP contribution in [0.1, 0.15) is 37.0 Å². The maximum atomic E-state index is 13.1. The van der Waals surface area contributed by atoms with Gasteiger partial charge in [-0.1, -0.05) is 42.8 Å². The number of nitrogens with one attached hydrogen (secondary N) is 1. The first-order valence-corrected chi connectivity index (χ1v) is 10.3. The fourth-order valence-electron chi connectivity index (χ4n) is 3.05. The highest BCUT2D eigenvalue weighted by Gasteiger charge is 2.29. The average molecular weight is 417 g/mol. The minimum absolute atomic E-state index is 0.150. The molecule has 0 fully saturated rings. The van der Waals surface area contributed by atoms with Crippen LogP contribution in [0.25, 0.3) is 0 Å². The molecule has 0 saturated heterocycles. The van der Waals surface area contributed by atoms with Gasteiger partial charge >= 0.3 is 0 Å². The third-order valence-electron chi connectivity index (χ3n) is 4.88. The summed E-state index contributed by atoms with van der Waals surface area (Å²) in [6.07, 6.45) is 0.492. The molecule has 0 radical (unpaired) electrons. The van der Waals surface area contributed by atoms with E-state index in [0.717, 1.165) is 16.7 Å². The molecule has 2 rings (SSSR count). The molecule has 0 heterocycles. The van der Waals surface area contributed by atoms with Crippen LogP contribution < -0.4 is 10.1 Å². The van der Waals surface area contributed by atoms with Crippen LogP contribution in [-0.2, 0) is 16.1 Å². The van der Waals surface area contributed by atoms with E-state index in [9.17, 15) is 9.59 Å². The van der Waals surface area contributed by atoms with Crippen molar-refractivity contribution in [2.24, 2.45) is 0 Å². The van der Waals surface area contributed by atoms with Gasteiger partial charge in [-0.3, -0.25) is 9.59 Å². The van der Waals surface area contributed by atoms with Gasteiger partial charge in [0.1, 0.15) is 11.8 Å². The lowest BCUT2D eigenvalue weighted by Gasteiger charge is -2.30. The van der Waals surface area contributed by atoms with Gasteiger partial charge in [-0.25, -0.2) is 0 Å². The van der Waals surface area contributed by atoms with Crippen LogP contribution in [0.2, 0.25) is 5.02 Å². The Morgan fingerprint density at radius 1 is 1.10 bits per heavy atom. The Hall–Kier alpha value is -2.53. The Morgan fingerprint density at radius 3 is 2.45 bits per heavy atom. The Kier molecular flexibility index (Phi) is 8.52. The smallest absolute Gasteiger partial charge is 0.261 e. The van der Waals surface area contributed by atoms with Crippen LogP contribution >= 0.6 is 11.6 Å². The molecule has 5 nitrogen and oxygen atoms in total. The zero-order chi connectivity index (χ0) is 21.4. The van der Waals surface area contributed by atoms with Crippen molar-refractivity contribution < 1.29 is 14.3 Å².